The summed E-state index contributed by atoms with van der Waals surface area (Å²) in [6, 6.07) is 11.1. The van der Waals surface area contributed by atoms with Gasteiger partial charge in [-0.25, -0.2) is 0 Å². The predicted octanol–water partition coefficient (Wildman–Crippen LogP) is 4.42. The van der Waals surface area contributed by atoms with Gasteiger partial charge in [0.1, 0.15) is 5.76 Å². The Morgan fingerprint density at radius 3 is 2.65 bits per heavy atom. The van der Waals surface area contributed by atoms with Crippen molar-refractivity contribution in [1.29, 1.82) is 0 Å². The van der Waals surface area contributed by atoms with Gasteiger partial charge in [-0.2, -0.15) is 0 Å². The summed E-state index contributed by atoms with van der Waals surface area (Å²) < 4.78 is 10.9. The van der Waals surface area contributed by atoms with Crippen molar-refractivity contribution >= 4 is 23.4 Å². The molecule has 0 saturated carbocycles. The molecule has 0 saturated heterocycles. The van der Waals surface area contributed by atoms with Gasteiger partial charge in [-0.3, -0.25) is 0 Å². The van der Waals surface area contributed by atoms with Crippen LogP contribution >= 0.6 is 23.4 Å². The maximum atomic E-state index is 5.84. The molecule has 0 radical (unpaired) electrons. The molecule has 0 aliphatic rings. The molecular formula is C14H11ClN2O2S. The third-order valence-electron chi connectivity index (χ3n) is 2.61. The van der Waals surface area contributed by atoms with Gasteiger partial charge < -0.3 is 8.83 Å². The van der Waals surface area contributed by atoms with Gasteiger partial charge >= 0.3 is 0 Å². The number of halogens is 1. The van der Waals surface area contributed by atoms with Gasteiger partial charge in [-0.15, -0.1) is 22.0 Å². The lowest BCUT2D eigenvalue weighted by molar-refractivity contribution is 0.525. The van der Waals surface area contributed by atoms with E-state index >= 15 is 0 Å². The van der Waals surface area contributed by atoms with Gasteiger partial charge in [-0.05, 0) is 36.4 Å². The fraction of sp³-hybridized carbons (Fsp3) is 0.143. The largest absolute Gasteiger partial charge is 0.468 e. The average Bonchev–Trinajstić information content (AvgIpc) is 3.11. The van der Waals surface area contributed by atoms with Crippen LogP contribution in [-0.4, -0.2) is 10.2 Å². The standard InChI is InChI=1S/C14H11ClN2O2S/c15-11-5-3-10(4-6-11)14-17-16-13(19-14)9-20-8-12-2-1-7-18-12/h1-7H,8-9H2. The summed E-state index contributed by atoms with van der Waals surface area (Å²) in [4.78, 5) is 0. The summed E-state index contributed by atoms with van der Waals surface area (Å²) in [6.07, 6.45) is 1.67. The molecule has 1 aromatic carbocycles. The van der Waals surface area contributed by atoms with Gasteiger partial charge in [0.05, 0.1) is 17.8 Å². The van der Waals surface area contributed by atoms with E-state index < -0.39 is 0 Å². The molecule has 0 spiro atoms. The van der Waals surface area contributed by atoms with Crippen LogP contribution in [0, 0.1) is 0 Å². The molecule has 0 bridgehead atoms. The first-order valence-corrected chi connectivity index (χ1v) is 7.53. The van der Waals surface area contributed by atoms with Crippen molar-refractivity contribution in [2.24, 2.45) is 0 Å². The molecule has 2 heterocycles. The number of benzene rings is 1. The third-order valence-corrected chi connectivity index (χ3v) is 3.80. The lowest BCUT2D eigenvalue weighted by Crippen LogP contribution is -1.81. The quantitative estimate of drug-likeness (QED) is 0.698. The van der Waals surface area contributed by atoms with E-state index in [1.54, 1.807) is 30.2 Å². The molecule has 0 fully saturated rings. The summed E-state index contributed by atoms with van der Waals surface area (Å²) in [6.45, 7) is 0. The first-order chi connectivity index (χ1) is 9.81. The van der Waals surface area contributed by atoms with Crippen molar-refractivity contribution in [3.05, 3.63) is 59.3 Å². The first-order valence-electron chi connectivity index (χ1n) is 6.00. The van der Waals surface area contributed by atoms with Gasteiger partial charge in [0.15, 0.2) is 0 Å². The molecule has 4 nitrogen and oxygen atoms in total. The molecule has 0 unspecified atom stereocenters. The molecule has 20 heavy (non-hydrogen) atoms. The van der Waals surface area contributed by atoms with Crippen LogP contribution < -0.4 is 0 Å². The molecule has 3 aromatic rings. The Morgan fingerprint density at radius 1 is 1.05 bits per heavy atom. The fourth-order valence-electron chi connectivity index (χ4n) is 1.65. The maximum Gasteiger partial charge on any atom is 0.247 e. The number of aromatic nitrogens is 2. The predicted molar refractivity (Wildman–Crippen MR) is 78.5 cm³/mol. The van der Waals surface area contributed by atoms with Crippen LogP contribution in [0.1, 0.15) is 11.7 Å². The van der Waals surface area contributed by atoms with E-state index in [0.29, 0.717) is 22.6 Å². The van der Waals surface area contributed by atoms with Crippen LogP contribution in [0.3, 0.4) is 0 Å². The van der Waals surface area contributed by atoms with E-state index in [2.05, 4.69) is 10.2 Å². The topological polar surface area (TPSA) is 52.1 Å². The van der Waals surface area contributed by atoms with E-state index in [0.717, 1.165) is 17.1 Å². The van der Waals surface area contributed by atoms with E-state index in [9.17, 15) is 0 Å². The van der Waals surface area contributed by atoms with Crippen LogP contribution in [0.4, 0.5) is 0 Å². The van der Waals surface area contributed by atoms with Crippen molar-refractivity contribution in [2.75, 3.05) is 0 Å². The molecule has 3 rings (SSSR count). The average molecular weight is 307 g/mol. The fourth-order valence-corrected chi connectivity index (χ4v) is 2.54. The van der Waals surface area contributed by atoms with E-state index in [4.69, 9.17) is 20.4 Å². The molecule has 0 atom stereocenters. The van der Waals surface area contributed by atoms with Gasteiger partial charge in [0, 0.05) is 10.6 Å². The number of furan rings is 1. The zero-order valence-electron chi connectivity index (χ0n) is 10.5. The highest BCUT2D eigenvalue weighted by molar-refractivity contribution is 7.97. The molecule has 0 N–H and O–H groups in total. The Morgan fingerprint density at radius 2 is 1.90 bits per heavy atom. The lowest BCUT2D eigenvalue weighted by Gasteiger charge is -1.95. The molecule has 102 valence electrons. The van der Waals surface area contributed by atoms with E-state index in [1.807, 2.05) is 24.3 Å². The zero-order chi connectivity index (χ0) is 13.8. The Balaban J connectivity index is 1.60. The number of thioether (sulfide) groups is 1. The van der Waals surface area contributed by atoms with Crippen molar-refractivity contribution in [3.8, 4) is 11.5 Å². The lowest BCUT2D eigenvalue weighted by atomic mass is 10.2. The van der Waals surface area contributed by atoms with Crippen LogP contribution in [0.2, 0.25) is 5.02 Å². The second-order valence-electron chi connectivity index (χ2n) is 4.08. The molecule has 0 aliphatic heterocycles. The Kier molecular flexibility index (Phi) is 4.08. The SMILES string of the molecule is Clc1ccc(-c2nnc(CSCc3ccco3)o2)cc1. The summed E-state index contributed by atoms with van der Waals surface area (Å²) in [7, 11) is 0. The van der Waals surface area contributed by atoms with Crippen molar-refractivity contribution < 1.29 is 8.83 Å². The number of nitrogens with zero attached hydrogens (tertiary/aromatic N) is 2. The smallest absolute Gasteiger partial charge is 0.247 e. The van der Waals surface area contributed by atoms with Crippen LogP contribution in [-0.2, 0) is 11.5 Å². The zero-order valence-corrected chi connectivity index (χ0v) is 12.0. The highest BCUT2D eigenvalue weighted by Gasteiger charge is 2.08. The first kappa shape index (κ1) is 13.3. The number of hydrogen-bond acceptors (Lipinski definition) is 5. The van der Waals surface area contributed by atoms with Crippen LogP contribution in [0.5, 0.6) is 0 Å². The summed E-state index contributed by atoms with van der Waals surface area (Å²) >= 11 is 7.51. The summed E-state index contributed by atoms with van der Waals surface area (Å²) in [5.74, 6) is 3.49. The molecule has 0 aliphatic carbocycles. The molecular weight excluding hydrogens is 296 g/mol. The van der Waals surface area contributed by atoms with Crippen LogP contribution in [0.25, 0.3) is 11.5 Å². The molecule has 6 heteroatoms. The number of rotatable bonds is 5. The Labute approximate surface area is 125 Å². The minimum atomic E-state index is 0.510. The van der Waals surface area contributed by atoms with Gasteiger partial charge in [0.2, 0.25) is 11.8 Å². The minimum Gasteiger partial charge on any atom is -0.468 e. The van der Waals surface area contributed by atoms with Gasteiger partial charge in [-0.1, -0.05) is 11.6 Å². The van der Waals surface area contributed by atoms with Crippen molar-refractivity contribution in [2.45, 2.75) is 11.5 Å². The second kappa shape index (κ2) is 6.15. The van der Waals surface area contributed by atoms with Gasteiger partial charge in [0.25, 0.3) is 0 Å². The maximum absolute atomic E-state index is 5.84. The highest BCUT2D eigenvalue weighted by Crippen LogP contribution is 2.23. The summed E-state index contributed by atoms with van der Waals surface area (Å²) in [5.41, 5.74) is 0.865. The Bertz CT molecular complexity index is 665. The minimum absolute atomic E-state index is 0.510. The summed E-state index contributed by atoms with van der Waals surface area (Å²) in [5, 5.41) is 8.75. The monoisotopic (exact) mass is 306 g/mol. The highest BCUT2D eigenvalue weighted by atomic mass is 35.5. The van der Waals surface area contributed by atoms with Crippen molar-refractivity contribution in [3.63, 3.8) is 0 Å². The van der Waals surface area contributed by atoms with Crippen LogP contribution in [0.15, 0.2) is 51.5 Å². The van der Waals surface area contributed by atoms with E-state index in [1.165, 1.54) is 0 Å². The van der Waals surface area contributed by atoms with Crippen molar-refractivity contribution in [1.82, 2.24) is 10.2 Å². The number of hydrogen-bond donors (Lipinski definition) is 0. The Hall–Kier alpha value is -1.72. The second-order valence-corrected chi connectivity index (χ2v) is 5.50. The van der Waals surface area contributed by atoms with E-state index in [-0.39, 0.29) is 0 Å². The molecule has 2 aromatic heterocycles. The normalized spacial score (nSPS) is 10.8. The molecule has 0 amide bonds. The third kappa shape index (κ3) is 3.23.